The molecule has 2 saturated heterocycles. The number of nitrogens with zero attached hydrogens (tertiary/aromatic N) is 1. The second-order valence-corrected chi connectivity index (χ2v) is 15.5. The van der Waals surface area contributed by atoms with E-state index in [2.05, 4.69) is 26.6 Å². The van der Waals surface area contributed by atoms with Crippen molar-refractivity contribution in [2.75, 3.05) is 13.1 Å². The lowest BCUT2D eigenvalue weighted by atomic mass is 9.68. The normalized spacial score (nSPS) is 27.4. The Morgan fingerprint density at radius 3 is 2.13 bits per heavy atom. The van der Waals surface area contributed by atoms with Gasteiger partial charge in [0.1, 0.15) is 30.2 Å². The van der Waals surface area contributed by atoms with Gasteiger partial charge in [-0.2, -0.15) is 0 Å². The number of aliphatic hydroxyl groups is 1. The van der Waals surface area contributed by atoms with Gasteiger partial charge in [0.2, 0.25) is 35.4 Å². The predicted octanol–water partition coefficient (Wildman–Crippen LogP) is 2.01. The molecule has 3 fully saturated rings. The first-order valence-corrected chi connectivity index (χ1v) is 19.5. The minimum atomic E-state index is -1.11. The summed E-state index contributed by atoms with van der Waals surface area (Å²) in [6, 6.07) is 13.6. The third-order valence-electron chi connectivity index (χ3n) is 10.9. The molecule has 0 aromatic heterocycles. The average Bonchev–Trinajstić information content (AvgIpc) is 3.56. The summed E-state index contributed by atoms with van der Waals surface area (Å²) < 4.78 is 0. The van der Waals surface area contributed by atoms with Gasteiger partial charge in [0.25, 0.3) is 0 Å². The lowest BCUT2D eigenvalue weighted by molar-refractivity contribution is -0.141. The van der Waals surface area contributed by atoms with Gasteiger partial charge < -0.3 is 36.6 Å². The molecule has 0 radical (unpaired) electrons. The summed E-state index contributed by atoms with van der Waals surface area (Å²) in [5.74, 6) is -2.99. The molecule has 1 saturated carbocycles. The van der Waals surface area contributed by atoms with Crippen LogP contribution in [-0.2, 0) is 40.6 Å². The van der Waals surface area contributed by atoms with Crippen molar-refractivity contribution in [1.29, 1.82) is 0 Å². The molecule has 5 rings (SSSR count). The Bertz CT molecular complexity index is 1630. The molecule has 6 atom stereocenters. The van der Waals surface area contributed by atoms with Crippen molar-refractivity contribution in [2.24, 2.45) is 5.92 Å². The molecule has 3 aliphatic rings. The van der Waals surface area contributed by atoms with Gasteiger partial charge in [0.15, 0.2) is 0 Å². The molecular weight excluding hydrogens is 688 g/mol. The summed E-state index contributed by atoms with van der Waals surface area (Å²) in [6.07, 6.45) is 3.93. The Balaban J connectivity index is 1.47. The van der Waals surface area contributed by atoms with Gasteiger partial charge in [-0.1, -0.05) is 93.8 Å². The van der Waals surface area contributed by atoms with Gasteiger partial charge in [0.05, 0.1) is 11.5 Å². The van der Waals surface area contributed by atoms with Gasteiger partial charge in [-0.3, -0.25) is 28.8 Å². The molecule has 54 heavy (non-hydrogen) atoms. The molecule has 2 aliphatic heterocycles. The maximum Gasteiger partial charge on any atom is 0.245 e. The summed E-state index contributed by atoms with van der Waals surface area (Å²) in [6.45, 7) is 5.38. The van der Waals surface area contributed by atoms with Crippen LogP contribution in [0.5, 0.6) is 0 Å². The van der Waals surface area contributed by atoms with Crippen LogP contribution in [0.15, 0.2) is 60.7 Å². The van der Waals surface area contributed by atoms with Crippen LogP contribution in [0.1, 0.15) is 89.7 Å². The van der Waals surface area contributed by atoms with Gasteiger partial charge >= 0.3 is 0 Å². The van der Waals surface area contributed by atoms with Crippen molar-refractivity contribution < 1.29 is 33.9 Å². The predicted molar refractivity (Wildman–Crippen MR) is 203 cm³/mol. The third-order valence-corrected chi connectivity index (χ3v) is 10.9. The lowest BCUT2D eigenvalue weighted by Gasteiger charge is -2.37. The number of hydrogen-bond acceptors (Lipinski definition) is 7. The monoisotopic (exact) mass is 744 g/mol. The molecule has 2 aromatic rings. The molecule has 6 N–H and O–H groups in total. The highest BCUT2D eigenvalue weighted by atomic mass is 16.3. The van der Waals surface area contributed by atoms with Crippen LogP contribution in [0.4, 0.5) is 0 Å². The largest absolute Gasteiger partial charge is 0.391 e. The number of carbonyl (C=O) groups is 6. The van der Waals surface area contributed by atoms with Gasteiger partial charge in [0, 0.05) is 25.9 Å². The minimum absolute atomic E-state index is 0.0230. The summed E-state index contributed by atoms with van der Waals surface area (Å²) in [7, 11) is 0. The van der Waals surface area contributed by atoms with E-state index in [0.29, 0.717) is 19.3 Å². The first kappa shape index (κ1) is 40.4. The van der Waals surface area contributed by atoms with E-state index in [9.17, 15) is 33.9 Å². The molecule has 0 spiro atoms. The van der Waals surface area contributed by atoms with E-state index in [-0.39, 0.29) is 50.6 Å². The number of amides is 6. The summed E-state index contributed by atoms with van der Waals surface area (Å²) >= 11 is 0. The average molecular weight is 745 g/mol. The van der Waals surface area contributed by atoms with E-state index in [4.69, 9.17) is 0 Å². The van der Waals surface area contributed by atoms with E-state index in [1.165, 1.54) is 11.8 Å². The lowest BCUT2D eigenvalue weighted by Crippen LogP contribution is -2.60. The number of benzene rings is 2. The van der Waals surface area contributed by atoms with Crippen molar-refractivity contribution in [3.63, 3.8) is 0 Å². The smallest absolute Gasteiger partial charge is 0.245 e. The quantitative estimate of drug-likeness (QED) is 0.250. The molecule has 13 nitrogen and oxygen atoms in total. The second-order valence-electron chi connectivity index (χ2n) is 15.5. The fourth-order valence-corrected chi connectivity index (χ4v) is 8.00. The summed E-state index contributed by atoms with van der Waals surface area (Å²) in [4.78, 5) is 84.8. The number of hydrogen-bond donors (Lipinski definition) is 6. The first-order valence-electron chi connectivity index (χ1n) is 19.5. The number of nitrogens with one attached hydrogen (secondary N) is 5. The fourth-order valence-electron chi connectivity index (χ4n) is 8.00. The first-order chi connectivity index (χ1) is 25.9. The molecule has 6 amide bonds. The number of aliphatic hydroxyl groups excluding tert-OH is 1. The van der Waals surface area contributed by atoms with Crippen molar-refractivity contribution in [3.05, 3.63) is 71.8 Å². The van der Waals surface area contributed by atoms with Crippen LogP contribution < -0.4 is 26.6 Å². The number of rotatable bonds is 7. The van der Waals surface area contributed by atoms with E-state index in [1.807, 2.05) is 74.5 Å². The summed E-state index contributed by atoms with van der Waals surface area (Å²) in [5, 5.41) is 24.8. The Kier molecular flexibility index (Phi) is 13.8. The topological polar surface area (TPSA) is 186 Å². The van der Waals surface area contributed by atoms with Crippen molar-refractivity contribution in [2.45, 2.75) is 127 Å². The molecule has 2 aromatic carbocycles. The molecular formula is C41H56N6O7. The highest BCUT2D eigenvalue weighted by molar-refractivity contribution is 5.97. The molecule has 1 aliphatic carbocycles. The zero-order valence-corrected chi connectivity index (χ0v) is 31.6. The standard InChI is InChI=1S/C41H56N6O7/c1-26(2)22-32-36(50)43-27(3)39(53)47-25-30(48)24-34(47)38(52)42-21-13-18-31(35(49)45-33(37(51)44-32)23-28-14-7-4-8-15-28)46-40(54)41(19-11-6-12-20-41)29-16-9-5-10-17-29/h4-5,7-10,14-17,26-27,30-34,48H,6,11-13,18-25H2,1-3H3,(H,42,52)(H,43,50)(H,44,51)(H,45,49)(H,46,54)/t27-,30+,31-,32-,33+,34-/m0/s1. The van der Waals surface area contributed by atoms with Crippen LogP contribution in [0.2, 0.25) is 0 Å². The molecule has 0 unspecified atom stereocenters. The van der Waals surface area contributed by atoms with Crippen molar-refractivity contribution in [1.82, 2.24) is 31.5 Å². The van der Waals surface area contributed by atoms with Crippen LogP contribution >= 0.6 is 0 Å². The van der Waals surface area contributed by atoms with E-state index < -0.39 is 71.3 Å². The Morgan fingerprint density at radius 2 is 1.46 bits per heavy atom. The number of carbonyl (C=O) groups excluding carboxylic acids is 6. The van der Waals surface area contributed by atoms with Crippen LogP contribution in [0, 0.1) is 5.92 Å². The maximum absolute atomic E-state index is 14.4. The van der Waals surface area contributed by atoms with Gasteiger partial charge in [-0.25, -0.2) is 0 Å². The van der Waals surface area contributed by atoms with Gasteiger partial charge in [-0.15, -0.1) is 0 Å². The van der Waals surface area contributed by atoms with Crippen molar-refractivity contribution >= 4 is 35.4 Å². The van der Waals surface area contributed by atoms with Crippen LogP contribution in [0.25, 0.3) is 0 Å². The van der Waals surface area contributed by atoms with E-state index in [1.54, 1.807) is 0 Å². The van der Waals surface area contributed by atoms with E-state index in [0.717, 1.165) is 30.4 Å². The Morgan fingerprint density at radius 1 is 0.833 bits per heavy atom. The van der Waals surface area contributed by atoms with Crippen LogP contribution in [-0.4, -0.2) is 94.9 Å². The highest BCUT2D eigenvalue weighted by Crippen LogP contribution is 2.40. The third kappa shape index (κ3) is 10.0. The van der Waals surface area contributed by atoms with Gasteiger partial charge in [-0.05, 0) is 56.1 Å². The minimum Gasteiger partial charge on any atom is -0.391 e. The van der Waals surface area contributed by atoms with E-state index >= 15 is 0 Å². The zero-order valence-electron chi connectivity index (χ0n) is 31.6. The molecule has 292 valence electrons. The van der Waals surface area contributed by atoms with Crippen molar-refractivity contribution in [3.8, 4) is 0 Å². The summed E-state index contributed by atoms with van der Waals surface area (Å²) in [5.41, 5.74) is 0.840. The highest BCUT2D eigenvalue weighted by Gasteiger charge is 2.44. The second kappa shape index (κ2) is 18.5. The Hall–Kier alpha value is -4.78. The number of fused-ring (bicyclic) bond motifs is 1. The van der Waals surface area contributed by atoms with Crippen LogP contribution in [0.3, 0.4) is 0 Å². The molecule has 2 heterocycles. The molecule has 13 heteroatoms. The maximum atomic E-state index is 14.4. The molecule has 0 bridgehead atoms. The fraction of sp³-hybridized carbons (Fsp3) is 0.561. The zero-order chi connectivity index (χ0) is 38.8. The Labute approximate surface area is 317 Å². The SMILES string of the molecule is CC(C)C[C@@H]1NC(=O)[C@@H](Cc2ccccc2)NC(=O)[C@@H](NC(=O)C2(c3ccccc3)CCCCC2)CCCNC(=O)[C@@H]2C[C@@H](O)CN2C(=O)[C@H](C)NC1=O.